The molecule has 4 heteroatoms. The van der Waals surface area contributed by atoms with Crippen molar-refractivity contribution in [3.05, 3.63) is 23.9 Å². The van der Waals surface area contributed by atoms with E-state index in [0.717, 1.165) is 31.4 Å². The highest BCUT2D eigenvalue weighted by atomic mass is 16.5. The van der Waals surface area contributed by atoms with Gasteiger partial charge in [-0.1, -0.05) is 6.07 Å². The summed E-state index contributed by atoms with van der Waals surface area (Å²) < 4.78 is 5.69. The topological polar surface area (TPSA) is 74.2 Å². The maximum atomic E-state index is 6.14. The van der Waals surface area contributed by atoms with E-state index in [1.165, 1.54) is 12.8 Å². The summed E-state index contributed by atoms with van der Waals surface area (Å²) in [4.78, 5) is 4.07. The predicted octanol–water partition coefficient (Wildman–Crippen LogP) is 1.49. The Hall–Kier alpha value is -1.13. The fraction of sp³-hybridized carbons (Fsp3) is 0.615. The van der Waals surface area contributed by atoms with Gasteiger partial charge >= 0.3 is 0 Å². The second-order valence-corrected chi connectivity index (χ2v) is 4.74. The molecule has 0 saturated carbocycles. The number of anilines is 1. The summed E-state index contributed by atoms with van der Waals surface area (Å²) in [6.07, 6.45) is 7.29. The quantitative estimate of drug-likeness (QED) is 0.829. The minimum absolute atomic E-state index is 0.101. The maximum Gasteiger partial charge on any atom is 0.126 e. The molecule has 0 aliphatic carbocycles. The Kier molecular flexibility index (Phi) is 4.34. The molecule has 1 aliphatic rings. The number of nitrogens with zero attached hydrogens (tertiary/aromatic N) is 1. The normalized spacial score (nSPS) is 22.3. The minimum atomic E-state index is 0.101. The third-order valence-electron chi connectivity index (χ3n) is 3.25. The van der Waals surface area contributed by atoms with Crippen LogP contribution in [0, 0.1) is 0 Å². The molecule has 0 amide bonds. The molecule has 1 aromatic heterocycles. The van der Waals surface area contributed by atoms with Crippen molar-refractivity contribution < 1.29 is 4.74 Å². The third kappa shape index (κ3) is 3.68. The molecule has 94 valence electrons. The van der Waals surface area contributed by atoms with E-state index in [1.54, 1.807) is 6.20 Å². The van der Waals surface area contributed by atoms with Gasteiger partial charge < -0.3 is 16.2 Å². The monoisotopic (exact) mass is 235 g/mol. The number of hydrogen-bond acceptors (Lipinski definition) is 4. The van der Waals surface area contributed by atoms with Crippen LogP contribution >= 0.6 is 0 Å². The molecule has 4 N–H and O–H groups in total. The fourth-order valence-corrected chi connectivity index (χ4v) is 2.32. The van der Waals surface area contributed by atoms with Gasteiger partial charge in [-0.05, 0) is 43.7 Å². The first kappa shape index (κ1) is 12.3. The molecule has 1 aliphatic heterocycles. The first-order valence-corrected chi connectivity index (χ1v) is 6.32. The molecule has 17 heavy (non-hydrogen) atoms. The van der Waals surface area contributed by atoms with Gasteiger partial charge in [0.15, 0.2) is 0 Å². The Morgan fingerprint density at radius 1 is 1.47 bits per heavy atom. The van der Waals surface area contributed by atoms with Crippen LogP contribution in [0.4, 0.5) is 5.82 Å². The zero-order chi connectivity index (χ0) is 12.1. The van der Waals surface area contributed by atoms with Crippen molar-refractivity contribution in [3.63, 3.8) is 0 Å². The summed E-state index contributed by atoms with van der Waals surface area (Å²) in [6.45, 7) is 0.881. The highest BCUT2D eigenvalue weighted by molar-refractivity contribution is 5.38. The number of ether oxygens (including phenoxy) is 1. The Labute approximate surface area is 102 Å². The Balaban J connectivity index is 1.84. The van der Waals surface area contributed by atoms with Gasteiger partial charge in [-0.25, -0.2) is 4.98 Å². The van der Waals surface area contributed by atoms with E-state index in [1.807, 2.05) is 12.1 Å². The van der Waals surface area contributed by atoms with Crippen molar-refractivity contribution in [2.75, 3.05) is 12.3 Å². The van der Waals surface area contributed by atoms with E-state index in [0.29, 0.717) is 11.9 Å². The van der Waals surface area contributed by atoms with E-state index in [4.69, 9.17) is 16.2 Å². The molecule has 2 unspecified atom stereocenters. The summed E-state index contributed by atoms with van der Waals surface area (Å²) in [5, 5.41) is 0. The summed E-state index contributed by atoms with van der Waals surface area (Å²) in [6, 6.07) is 3.99. The highest BCUT2D eigenvalue weighted by Gasteiger charge is 2.18. The van der Waals surface area contributed by atoms with Gasteiger partial charge in [-0.2, -0.15) is 0 Å². The van der Waals surface area contributed by atoms with Gasteiger partial charge in [0.25, 0.3) is 0 Å². The summed E-state index contributed by atoms with van der Waals surface area (Å²) >= 11 is 0. The first-order chi connectivity index (χ1) is 8.25. The van der Waals surface area contributed by atoms with Gasteiger partial charge in [0, 0.05) is 18.8 Å². The third-order valence-corrected chi connectivity index (χ3v) is 3.25. The molecule has 0 aromatic carbocycles. The standard InChI is InChI=1S/C13H21N3O/c14-11(9-12-5-1-2-7-17-12)8-10-4-3-6-16-13(10)15/h3-4,6,11-12H,1-2,5,7-9,14H2,(H2,15,16). The van der Waals surface area contributed by atoms with E-state index < -0.39 is 0 Å². The van der Waals surface area contributed by atoms with Crippen LogP contribution in [-0.2, 0) is 11.2 Å². The minimum Gasteiger partial charge on any atom is -0.383 e. The number of aromatic nitrogens is 1. The van der Waals surface area contributed by atoms with Crippen molar-refractivity contribution in [3.8, 4) is 0 Å². The molecule has 2 atom stereocenters. The lowest BCUT2D eigenvalue weighted by molar-refractivity contribution is 0.00747. The average molecular weight is 235 g/mol. The lowest BCUT2D eigenvalue weighted by atomic mass is 9.98. The van der Waals surface area contributed by atoms with Crippen LogP contribution in [0.25, 0.3) is 0 Å². The molecule has 0 spiro atoms. The summed E-state index contributed by atoms with van der Waals surface area (Å²) in [5.74, 6) is 0.590. The van der Waals surface area contributed by atoms with Gasteiger partial charge in [0.05, 0.1) is 6.10 Å². The molecule has 2 rings (SSSR count). The summed E-state index contributed by atoms with van der Waals surface area (Å²) in [7, 11) is 0. The van der Waals surface area contributed by atoms with Crippen LogP contribution in [0.3, 0.4) is 0 Å². The molecule has 1 saturated heterocycles. The predicted molar refractivity (Wildman–Crippen MR) is 68.5 cm³/mol. The molecule has 4 nitrogen and oxygen atoms in total. The van der Waals surface area contributed by atoms with Crippen LogP contribution in [-0.4, -0.2) is 23.7 Å². The Bertz CT molecular complexity index is 350. The van der Waals surface area contributed by atoms with Crippen LogP contribution in [0.2, 0.25) is 0 Å². The largest absolute Gasteiger partial charge is 0.383 e. The van der Waals surface area contributed by atoms with Crippen LogP contribution in [0.15, 0.2) is 18.3 Å². The second-order valence-electron chi connectivity index (χ2n) is 4.74. The number of hydrogen-bond donors (Lipinski definition) is 2. The molecule has 1 fully saturated rings. The average Bonchev–Trinajstić information content (AvgIpc) is 2.33. The second kappa shape index (κ2) is 5.98. The van der Waals surface area contributed by atoms with Gasteiger partial charge in [0.1, 0.15) is 5.82 Å². The molecule has 0 radical (unpaired) electrons. The molecular formula is C13H21N3O. The lowest BCUT2D eigenvalue weighted by Crippen LogP contribution is -2.31. The van der Waals surface area contributed by atoms with E-state index in [2.05, 4.69) is 4.98 Å². The van der Waals surface area contributed by atoms with Gasteiger partial charge in [0.2, 0.25) is 0 Å². The van der Waals surface area contributed by atoms with Gasteiger partial charge in [-0.3, -0.25) is 0 Å². The Morgan fingerprint density at radius 2 is 2.35 bits per heavy atom. The zero-order valence-corrected chi connectivity index (χ0v) is 10.1. The summed E-state index contributed by atoms with van der Waals surface area (Å²) in [5.41, 5.74) is 13.0. The van der Waals surface area contributed by atoms with E-state index in [9.17, 15) is 0 Å². The molecule has 0 bridgehead atoms. The SMILES string of the molecule is Nc1ncccc1CC(N)CC1CCCCO1. The maximum absolute atomic E-state index is 6.14. The molecular weight excluding hydrogens is 214 g/mol. The van der Waals surface area contributed by atoms with Gasteiger partial charge in [-0.15, -0.1) is 0 Å². The number of nitrogen functional groups attached to an aromatic ring is 1. The first-order valence-electron chi connectivity index (χ1n) is 6.32. The van der Waals surface area contributed by atoms with Crippen molar-refractivity contribution in [2.24, 2.45) is 5.73 Å². The number of rotatable bonds is 4. The van der Waals surface area contributed by atoms with E-state index >= 15 is 0 Å². The van der Waals surface area contributed by atoms with Crippen molar-refractivity contribution in [1.29, 1.82) is 0 Å². The van der Waals surface area contributed by atoms with Crippen LogP contribution < -0.4 is 11.5 Å². The lowest BCUT2D eigenvalue weighted by Gasteiger charge is -2.25. The van der Waals surface area contributed by atoms with Crippen molar-refractivity contribution in [1.82, 2.24) is 4.98 Å². The van der Waals surface area contributed by atoms with Crippen LogP contribution in [0.1, 0.15) is 31.2 Å². The molecule has 1 aromatic rings. The fourth-order valence-electron chi connectivity index (χ4n) is 2.32. The Morgan fingerprint density at radius 3 is 3.06 bits per heavy atom. The van der Waals surface area contributed by atoms with Crippen molar-refractivity contribution >= 4 is 5.82 Å². The van der Waals surface area contributed by atoms with E-state index in [-0.39, 0.29) is 6.04 Å². The zero-order valence-electron chi connectivity index (χ0n) is 10.1. The van der Waals surface area contributed by atoms with Crippen LogP contribution in [0.5, 0.6) is 0 Å². The molecule has 2 heterocycles. The smallest absolute Gasteiger partial charge is 0.126 e. The number of pyridine rings is 1. The highest BCUT2D eigenvalue weighted by Crippen LogP contribution is 2.18. The number of nitrogens with two attached hydrogens (primary N) is 2. The van der Waals surface area contributed by atoms with Crippen molar-refractivity contribution in [2.45, 2.75) is 44.2 Å².